The first-order valence-electron chi connectivity index (χ1n) is 9.03. The maximum Gasteiger partial charge on any atom is 0.262 e. The van der Waals surface area contributed by atoms with Gasteiger partial charge < -0.3 is 4.90 Å². The van der Waals surface area contributed by atoms with Crippen molar-refractivity contribution in [3.63, 3.8) is 0 Å². The number of nitrogens with zero attached hydrogens (tertiary/aromatic N) is 5. The number of rotatable bonds is 5. The molecule has 27 heavy (non-hydrogen) atoms. The Morgan fingerprint density at radius 3 is 2.74 bits per heavy atom. The first kappa shape index (κ1) is 17.8. The molecule has 4 heterocycles. The zero-order valence-corrected chi connectivity index (χ0v) is 15.8. The number of piperazine rings is 1. The Balaban J connectivity index is 1.29. The topological polar surface area (TPSA) is 71.3 Å². The molecule has 4 rings (SSSR count). The van der Waals surface area contributed by atoms with Crippen molar-refractivity contribution >= 4 is 27.5 Å². The van der Waals surface area contributed by atoms with Gasteiger partial charge in [0, 0.05) is 51.9 Å². The van der Waals surface area contributed by atoms with Crippen LogP contribution in [-0.4, -0.2) is 56.4 Å². The van der Waals surface area contributed by atoms with E-state index in [1.807, 2.05) is 28.5 Å². The maximum absolute atomic E-state index is 12.5. The summed E-state index contributed by atoms with van der Waals surface area (Å²) < 4.78 is 1.53. The van der Waals surface area contributed by atoms with Gasteiger partial charge in [0.1, 0.15) is 4.83 Å². The molecule has 1 amide bonds. The van der Waals surface area contributed by atoms with Gasteiger partial charge in [0.15, 0.2) is 0 Å². The molecule has 0 aromatic carbocycles. The Labute approximate surface area is 160 Å². The number of carbonyl (C=O) groups is 1. The molecule has 8 heteroatoms. The summed E-state index contributed by atoms with van der Waals surface area (Å²) in [6.45, 7) is 4.27. The zero-order chi connectivity index (χ0) is 18.6. The second-order valence-corrected chi connectivity index (χ2v) is 7.51. The van der Waals surface area contributed by atoms with Crippen LogP contribution in [0.15, 0.2) is 47.0 Å². The summed E-state index contributed by atoms with van der Waals surface area (Å²) in [6, 6.07) is 7.71. The predicted octanol–water partition coefficient (Wildman–Crippen LogP) is 1.59. The lowest BCUT2D eigenvalue weighted by atomic mass is 10.2. The van der Waals surface area contributed by atoms with E-state index in [-0.39, 0.29) is 11.5 Å². The number of hydrogen-bond acceptors (Lipinski definition) is 6. The van der Waals surface area contributed by atoms with Crippen LogP contribution in [0, 0.1) is 0 Å². The second-order valence-electron chi connectivity index (χ2n) is 6.61. The Kier molecular flexibility index (Phi) is 5.26. The van der Waals surface area contributed by atoms with E-state index < -0.39 is 0 Å². The van der Waals surface area contributed by atoms with Crippen LogP contribution in [0.3, 0.4) is 0 Å². The van der Waals surface area contributed by atoms with Crippen molar-refractivity contribution in [2.24, 2.45) is 0 Å². The van der Waals surface area contributed by atoms with Gasteiger partial charge in [-0.3, -0.25) is 24.0 Å². The van der Waals surface area contributed by atoms with E-state index in [1.165, 1.54) is 15.9 Å². The van der Waals surface area contributed by atoms with Crippen LogP contribution in [0.5, 0.6) is 0 Å². The fourth-order valence-corrected chi connectivity index (χ4v) is 4.03. The van der Waals surface area contributed by atoms with Gasteiger partial charge >= 0.3 is 0 Å². The molecule has 3 aromatic heterocycles. The third-order valence-corrected chi connectivity index (χ3v) is 5.67. The first-order chi connectivity index (χ1) is 13.2. The number of carbonyl (C=O) groups excluding carboxylic acids is 1. The van der Waals surface area contributed by atoms with Crippen LogP contribution < -0.4 is 5.56 Å². The predicted molar refractivity (Wildman–Crippen MR) is 105 cm³/mol. The molecule has 1 aliphatic rings. The van der Waals surface area contributed by atoms with Crippen LogP contribution in [-0.2, 0) is 17.9 Å². The normalized spacial score (nSPS) is 15.3. The fourth-order valence-electron chi connectivity index (χ4n) is 3.30. The van der Waals surface area contributed by atoms with E-state index in [0.29, 0.717) is 31.4 Å². The molecule has 140 valence electrons. The molecule has 1 saturated heterocycles. The number of pyridine rings is 1. The Morgan fingerprint density at radius 1 is 1.11 bits per heavy atom. The van der Waals surface area contributed by atoms with Crippen molar-refractivity contribution in [3.8, 4) is 0 Å². The van der Waals surface area contributed by atoms with E-state index in [0.717, 1.165) is 30.2 Å². The van der Waals surface area contributed by atoms with Crippen LogP contribution in [0.1, 0.15) is 12.1 Å². The number of aryl methyl sites for hydroxylation is 1. The number of thiophene rings is 1. The molecular weight excluding hydrogens is 362 g/mol. The molecule has 0 N–H and O–H groups in total. The summed E-state index contributed by atoms with van der Waals surface area (Å²) >= 11 is 1.45. The maximum atomic E-state index is 12.5. The highest BCUT2D eigenvalue weighted by Crippen LogP contribution is 2.13. The first-order valence-corrected chi connectivity index (χ1v) is 9.91. The van der Waals surface area contributed by atoms with Crippen LogP contribution in [0.2, 0.25) is 0 Å². The lowest BCUT2D eigenvalue weighted by Gasteiger charge is -2.34. The number of amides is 1. The lowest BCUT2D eigenvalue weighted by Crippen LogP contribution is -2.48. The van der Waals surface area contributed by atoms with E-state index in [1.54, 1.807) is 18.6 Å². The average molecular weight is 383 g/mol. The highest BCUT2D eigenvalue weighted by atomic mass is 32.1. The molecule has 0 bridgehead atoms. The fraction of sp³-hybridized carbons (Fsp3) is 0.368. The summed E-state index contributed by atoms with van der Waals surface area (Å²) in [5.74, 6) is 0.0878. The summed E-state index contributed by atoms with van der Waals surface area (Å²) in [5.41, 5.74) is 0.974. The van der Waals surface area contributed by atoms with Crippen LogP contribution in [0.4, 0.5) is 0 Å². The molecule has 1 fully saturated rings. The summed E-state index contributed by atoms with van der Waals surface area (Å²) in [7, 11) is 0. The van der Waals surface area contributed by atoms with Gasteiger partial charge in [-0.15, -0.1) is 11.3 Å². The van der Waals surface area contributed by atoms with Crippen molar-refractivity contribution in [1.29, 1.82) is 0 Å². The molecule has 3 aromatic rings. The summed E-state index contributed by atoms with van der Waals surface area (Å²) in [5, 5.41) is 2.48. The average Bonchev–Trinajstić information content (AvgIpc) is 3.18. The minimum absolute atomic E-state index is 0.0748. The molecule has 1 aliphatic heterocycles. The van der Waals surface area contributed by atoms with Gasteiger partial charge in [0.2, 0.25) is 5.91 Å². The standard InChI is InChI=1S/C19H21N5O2S/c25-17(4-7-24-14-21-18-16(19(24)26)5-12-27-18)23-10-8-22(9-11-23)13-15-3-1-2-6-20-15/h1-3,5-6,12,14H,4,7-11,13H2. The molecule has 0 atom stereocenters. The number of hydrogen-bond donors (Lipinski definition) is 0. The lowest BCUT2D eigenvalue weighted by molar-refractivity contribution is -0.133. The highest BCUT2D eigenvalue weighted by molar-refractivity contribution is 7.16. The molecule has 0 spiro atoms. The highest BCUT2D eigenvalue weighted by Gasteiger charge is 2.21. The second kappa shape index (κ2) is 7.98. The van der Waals surface area contributed by atoms with Crippen molar-refractivity contribution in [2.75, 3.05) is 26.2 Å². The van der Waals surface area contributed by atoms with Crippen molar-refractivity contribution in [3.05, 3.63) is 58.2 Å². The van der Waals surface area contributed by atoms with Crippen molar-refractivity contribution in [2.45, 2.75) is 19.5 Å². The van der Waals surface area contributed by atoms with Crippen molar-refractivity contribution < 1.29 is 4.79 Å². The number of fused-ring (bicyclic) bond motifs is 1. The molecule has 0 aliphatic carbocycles. The van der Waals surface area contributed by atoms with E-state index in [2.05, 4.69) is 14.9 Å². The molecule has 0 saturated carbocycles. The van der Waals surface area contributed by atoms with Gasteiger partial charge in [-0.25, -0.2) is 4.98 Å². The minimum atomic E-state index is -0.0748. The molecular formula is C19H21N5O2S. The van der Waals surface area contributed by atoms with Gasteiger partial charge in [-0.1, -0.05) is 6.07 Å². The molecule has 0 unspecified atom stereocenters. The monoisotopic (exact) mass is 383 g/mol. The van der Waals surface area contributed by atoms with E-state index >= 15 is 0 Å². The number of aromatic nitrogens is 3. The zero-order valence-electron chi connectivity index (χ0n) is 15.0. The summed E-state index contributed by atoms with van der Waals surface area (Å²) in [6.07, 6.45) is 3.66. The largest absolute Gasteiger partial charge is 0.340 e. The van der Waals surface area contributed by atoms with Gasteiger partial charge in [0.25, 0.3) is 5.56 Å². The third-order valence-electron chi connectivity index (χ3n) is 4.85. The Bertz CT molecular complexity index is 976. The molecule has 7 nitrogen and oxygen atoms in total. The Morgan fingerprint density at radius 2 is 1.96 bits per heavy atom. The smallest absolute Gasteiger partial charge is 0.262 e. The Hall–Kier alpha value is -2.58. The summed E-state index contributed by atoms with van der Waals surface area (Å²) in [4.78, 5) is 38.5. The van der Waals surface area contributed by atoms with E-state index in [4.69, 9.17) is 0 Å². The van der Waals surface area contributed by atoms with Gasteiger partial charge in [-0.05, 0) is 23.6 Å². The third kappa shape index (κ3) is 4.06. The minimum Gasteiger partial charge on any atom is -0.340 e. The van der Waals surface area contributed by atoms with E-state index in [9.17, 15) is 9.59 Å². The van der Waals surface area contributed by atoms with Gasteiger partial charge in [-0.2, -0.15) is 0 Å². The van der Waals surface area contributed by atoms with Crippen LogP contribution >= 0.6 is 11.3 Å². The molecule has 0 radical (unpaired) electrons. The van der Waals surface area contributed by atoms with Crippen molar-refractivity contribution in [1.82, 2.24) is 24.3 Å². The quantitative estimate of drug-likeness (QED) is 0.669. The van der Waals surface area contributed by atoms with Crippen LogP contribution in [0.25, 0.3) is 10.2 Å². The van der Waals surface area contributed by atoms with Gasteiger partial charge in [0.05, 0.1) is 17.4 Å². The SMILES string of the molecule is O=C(CCn1cnc2sccc2c1=O)N1CCN(Cc2ccccn2)CC1.